The summed E-state index contributed by atoms with van der Waals surface area (Å²) < 4.78 is 19.3. The van der Waals surface area contributed by atoms with E-state index >= 15 is 0 Å². The Morgan fingerprint density at radius 1 is 1.48 bits per heavy atom. The summed E-state index contributed by atoms with van der Waals surface area (Å²) in [6.07, 6.45) is 2.20. The molecule has 1 saturated heterocycles. The van der Waals surface area contributed by atoms with E-state index < -0.39 is 5.82 Å². The van der Waals surface area contributed by atoms with Gasteiger partial charge in [-0.2, -0.15) is 4.98 Å². The Morgan fingerprint density at radius 3 is 3.05 bits per heavy atom. The zero-order valence-electron chi connectivity index (χ0n) is 11.8. The second kappa shape index (κ2) is 5.73. The van der Waals surface area contributed by atoms with Crippen LogP contribution < -0.4 is 5.32 Å². The number of nitrogens with zero attached hydrogens (tertiary/aromatic N) is 2. The molecule has 1 aliphatic heterocycles. The quantitative estimate of drug-likeness (QED) is 0.943. The van der Waals surface area contributed by atoms with Gasteiger partial charge in [-0.1, -0.05) is 35.8 Å². The Hall–Kier alpha value is -1.46. The topological polar surface area (TPSA) is 51.0 Å². The van der Waals surface area contributed by atoms with Gasteiger partial charge in [-0.3, -0.25) is 0 Å². The summed E-state index contributed by atoms with van der Waals surface area (Å²) in [5.41, 5.74) is 0.392. The van der Waals surface area contributed by atoms with Crippen LogP contribution >= 0.6 is 11.6 Å². The third kappa shape index (κ3) is 2.68. The maximum absolute atomic E-state index is 13.9. The average Bonchev–Trinajstić information content (AvgIpc) is 3.13. The summed E-state index contributed by atoms with van der Waals surface area (Å²) in [7, 11) is 0. The second-order valence-electron chi connectivity index (χ2n) is 5.47. The number of hydrogen-bond donors (Lipinski definition) is 1. The minimum atomic E-state index is -0.418. The lowest BCUT2D eigenvalue weighted by molar-refractivity contribution is 0.283. The summed E-state index contributed by atoms with van der Waals surface area (Å²) in [4.78, 5) is 4.47. The van der Waals surface area contributed by atoms with Gasteiger partial charge in [-0.15, -0.1) is 0 Å². The third-order valence-electron chi connectivity index (χ3n) is 4.22. The highest BCUT2D eigenvalue weighted by Gasteiger charge is 2.39. The molecule has 2 aromatic rings. The molecule has 112 valence electrons. The van der Waals surface area contributed by atoms with Crippen LogP contribution in [-0.4, -0.2) is 23.2 Å². The first-order valence-electron chi connectivity index (χ1n) is 7.11. The number of hydrogen-bond acceptors (Lipinski definition) is 4. The smallest absolute Gasteiger partial charge is 0.234 e. The van der Waals surface area contributed by atoms with Crippen LogP contribution in [-0.2, 0) is 11.8 Å². The lowest BCUT2D eigenvalue weighted by Gasteiger charge is -2.20. The molecule has 6 heteroatoms. The Morgan fingerprint density at radius 2 is 2.33 bits per heavy atom. The van der Waals surface area contributed by atoms with Crippen molar-refractivity contribution in [3.8, 4) is 0 Å². The predicted octanol–water partition coefficient (Wildman–Crippen LogP) is 3.09. The van der Waals surface area contributed by atoms with E-state index in [1.54, 1.807) is 12.1 Å². The van der Waals surface area contributed by atoms with E-state index in [2.05, 4.69) is 22.4 Å². The molecule has 4 nitrogen and oxygen atoms in total. The van der Waals surface area contributed by atoms with E-state index in [9.17, 15) is 4.39 Å². The van der Waals surface area contributed by atoms with E-state index in [0.717, 1.165) is 25.9 Å². The predicted molar refractivity (Wildman–Crippen MR) is 78.0 cm³/mol. The molecule has 0 bridgehead atoms. The summed E-state index contributed by atoms with van der Waals surface area (Å²) in [6, 6.07) is 4.93. The van der Waals surface area contributed by atoms with Crippen molar-refractivity contribution in [3.63, 3.8) is 0 Å². The van der Waals surface area contributed by atoms with Gasteiger partial charge >= 0.3 is 0 Å². The molecule has 2 heterocycles. The van der Waals surface area contributed by atoms with Crippen LogP contribution in [0.15, 0.2) is 22.7 Å². The largest absolute Gasteiger partial charge is 0.339 e. The van der Waals surface area contributed by atoms with Crippen molar-refractivity contribution in [1.29, 1.82) is 0 Å². The van der Waals surface area contributed by atoms with Crippen LogP contribution in [0.25, 0.3) is 0 Å². The van der Waals surface area contributed by atoms with Gasteiger partial charge < -0.3 is 9.84 Å². The van der Waals surface area contributed by atoms with Gasteiger partial charge in [0.2, 0.25) is 5.89 Å². The fraction of sp³-hybridized carbons (Fsp3) is 0.467. The summed E-state index contributed by atoms with van der Waals surface area (Å²) in [5.74, 6) is 0.719. The summed E-state index contributed by atoms with van der Waals surface area (Å²) in [5, 5.41) is 7.44. The van der Waals surface area contributed by atoms with Gasteiger partial charge in [-0.25, -0.2) is 4.39 Å². The monoisotopic (exact) mass is 309 g/mol. The fourth-order valence-electron chi connectivity index (χ4n) is 2.78. The Labute approximate surface area is 127 Å². The molecule has 3 rings (SSSR count). The van der Waals surface area contributed by atoms with Crippen molar-refractivity contribution in [2.24, 2.45) is 0 Å². The Balaban J connectivity index is 1.84. The van der Waals surface area contributed by atoms with Crippen molar-refractivity contribution in [1.82, 2.24) is 15.5 Å². The molecule has 0 radical (unpaired) electrons. The molecule has 1 atom stereocenters. The summed E-state index contributed by atoms with van der Waals surface area (Å²) >= 11 is 5.79. The van der Waals surface area contributed by atoms with Crippen LogP contribution in [0.3, 0.4) is 0 Å². The highest BCUT2D eigenvalue weighted by atomic mass is 35.5. The first-order valence-corrected chi connectivity index (χ1v) is 7.49. The number of benzene rings is 1. The van der Waals surface area contributed by atoms with Crippen LogP contribution in [0.1, 0.15) is 37.0 Å². The van der Waals surface area contributed by atoms with E-state index in [4.69, 9.17) is 16.1 Å². The summed E-state index contributed by atoms with van der Waals surface area (Å²) in [6.45, 7) is 3.92. The maximum atomic E-state index is 13.9. The molecule has 1 fully saturated rings. The lowest BCUT2D eigenvalue weighted by atomic mass is 9.84. The Kier molecular flexibility index (Phi) is 3.95. The fourth-order valence-corrected chi connectivity index (χ4v) is 2.97. The van der Waals surface area contributed by atoms with E-state index in [1.807, 2.05) is 0 Å². The SMILES string of the molecule is CCC1(c2nc(Cc3cccc(Cl)c3F)no2)CCNC1. The van der Waals surface area contributed by atoms with Gasteiger partial charge in [0.05, 0.1) is 10.4 Å². The molecule has 0 amide bonds. The van der Waals surface area contributed by atoms with Crippen molar-refractivity contribution < 1.29 is 8.91 Å². The van der Waals surface area contributed by atoms with Crippen LogP contribution in [0.2, 0.25) is 5.02 Å². The zero-order valence-corrected chi connectivity index (χ0v) is 12.6. The highest BCUT2D eigenvalue weighted by Crippen LogP contribution is 2.33. The van der Waals surface area contributed by atoms with E-state index in [-0.39, 0.29) is 16.9 Å². The first-order chi connectivity index (χ1) is 10.1. The molecular weight excluding hydrogens is 293 g/mol. The molecule has 0 saturated carbocycles. The minimum absolute atomic E-state index is 0.0852. The normalized spacial score (nSPS) is 21.9. The van der Waals surface area contributed by atoms with Gasteiger partial charge in [0, 0.05) is 13.0 Å². The van der Waals surface area contributed by atoms with Gasteiger partial charge in [0.15, 0.2) is 5.82 Å². The van der Waals surface area contributed by atoms with Crippen molar-refractivity contribution in [2.75, 3.05) is 13.1 Å². The maximum Gasteiger partial charge on any atom is 0.234 e. The van der Waals surface area contributed by atoms with Gasteiger partial charge in [-0.05, 0) is 31.0 Å². The molecule has 1 N–H and O–H groups in total. The molecule has 21 heavy (non-hydrogen) atoms. The number of aromatic nitrogens is 2. The van der Waals surface area contributed by atoms with E-state index in [1.165, 1.54) is 6.07 Å². The van der Waals surface area contributed by atoms with Crippen LogP contribution in [0.4, 0.5) is 4.39 Å². The Bertz CT molecular complexity index is 638. The molecule has 0 spiro atoms. The van der Waals surface area contributed by atoms with Gasteiger partial charge in [0.1, 0.15) is 5.82 Å². The number of rotatable bonds is 4. The second-order valence-corrected chi connectivity index (χ2v) is 5.87. The van der Waals surface area contributed by atoms with Crippen molar-refractivity contribution in [2.45, 2.75) is 31.6 Å². The van der Waals surface area contributed by atoms with Crippen molar-refractivity contribution >= 4 is 11.6 Å². The van der Waals surface area contributed by atoms with Crippen LogP contribution in [0.5, 0.6) is 0 Å². The average molecular weight is 310 g/mol. The van der Waals surface area contributed by atoms with Gasteiger partial charge in [0.25, 0.3) is 0 Å². The van der Waals surface area contributed by atoms with E-state index in [0.29, 0.717) is 17.3 Å². The third-order valence-corrected chi connectivity index (χ3v) is 4.51. The van der Waals surface area contributed by atoms with Crippen LogP contribution in [0, 0.1) is 5.82 Å². The zero-order chi connectivity index (χ0) is 14.9. The molecule has 1 unspecified atom stereocenters. The van der Waals surface area contributed by atoms with Crippen molar-refractivity contribution in [3.05, 3.63) is 46.3 Å². The molecule has 1 aromatic heterocycles. The standard InChI is InChI=1S/C15H17ClFN3O/c1-2-15(6-7-18-9-15)14-19-12(20-21-14)8-10-4-3-5-11(16)13(10)17/h3-5,18H,2,6-9H2,1H3. The highest BCUT2D eigenvalue weighted by molar-refractivity contribution is 6.30. The molecule has 1 aromatic carbocycles. The lowest BCUT2D eigenvalue weighted by Crippen LogP contribution is -2.28. The minimum Gasteiger partial charge on any atom is -0.339 e. The molecular formula is C15H17ClFN3O. The number of nitrogens with one attached hydrogen (secondary N) is 1. The molecule has 0 aliphatic carbocycles. The first kappa shape index (κ1) is 14.5. The molecule has 1 aliphatic rings. The number of halogens is 2.